The number of nitrogens with zero attached hydrogens (tertiary/aromatic N) is 3. The lowest BCUT2D eigenvalue weighted by Gasteiger charge is -2.27. The zero-order valence-electron chi connectivity index (χ0n) is 10.3. The first-order valence-corrected chi connectivity index (χ1v) is 6.36. The number of carboxylic acids is 1. The number of hydrogen-bond acceptors (Lipinski definition) is 5. The quantitative estimate of drug-likeness (QED) is 0.781. The van der Waals surface area contributed by atoms with Crippen molar-refractivity contribution in [1.82, 2.24) is 14.8 Å². The van der Waals surface area contributed by atoms with E-state index in [1.54, 1.807) is 4.68 Å². The first-order valence-electron chi connectivity index (χ1n) is 5.37. The second kappa shape index (κ2) is 5.50. The van der Waals surface area contributed by atoms with Gasteiger partial charge in [0.2, 0.25) is 0 Å². The maximum absolute atomic E-state index is 10.9. The fraction of sp³-hybridized carbons (Fsp3) is 0.700. The van der Waals surface area contributed by atoms with Gasteiger partial charge in [-0.15, -0.1) is 11.8 Å². The molecular formula is C10H18N4O2S. The van der Waals surface area contributed by atoms with Gasteiger partial charge < -0.3 is 10.8 Å². The van der Waals surface area contributed by atoms with Crippen LogP contribution in [0.5, 0.6) is 0 Å². The second-order valence-electron chi connectivity index (χ2n) is 4.20. The first kappa shape index (κ1) is 14.0. The van der Waals surface area contributed by atoms with E-state index in [0.717, 1.165) is 12.4 Å². The van der Waals surface area contributed by atoms with Crippen LogP contribution in [0.3, 0.4) is 0 Å². The summed E-state index contributed by atoms with van der Waals surface area (Å²) in [5.41, 5.74) is 5.64. The molecule has 0 fully saturated rings. The van der Waals surface area contributed by atoms with Crippen molar-refractivity contribution in [2.24, 2.45) is 5.73 Å². The van der Waals surface area contributed by atoms with Crippen molar-refractivity contribution >= 4 is 17.7 Å². The minimum atomic E-state index is -0.987. The predicted octanol–water partition coefficient (Wildman–Crippen LogP) is 0.722. The Bertz CT molecular complexity index is 391. The maximum atomic E-state index is 10.9. The van der Waals surface area contributed by atoms with E-state index in [2.05, 4.69) is 10.1 Å². The van der Waals surface area contributed by atoms with Gasteiger partial charge in [0.05, 0.1) is 5.75 Å². The van der Waals surface area contributed by atoms with Gasteiger partial charge in [-0.25, -0.2) is 9.67 Å². The Morgan fingerprint density at radius 1 is 1.71 bits per heavy atom. The van der Waals surface area contributed by atoms with Crippen molar-refractivity contribution in [3.05, 3.63) is 12.2 Å². The molecule has 6 nitrogen and oxygen atoms in total. The molecule has 1 aromatic rings. The van der Waals surface area contributed by atoms with E-state index in [0.29, 0.717) is 5.75 Å². The Balaban J connectivity index is 2.64. The molecule has 0 radical (unpaired) electrons. The van der Waals surface area contributed by atoms with Gasteiger partial charge in [0.1, 0.15) is 18.2 Å². The largest absolute Gasteiger partial charge is 0.480 e. The molecule has 17 heavy (non-hydrogen) atoms. The first-order chi connectivity index (χ1) is 7.88. The van der Waals surface area contributed by atoms with Crippen molar-refractivity contribution < 1.29 is 9.90 Å². The lowest BCUT2D eigenvalue weighted by atomic mass is 10.1. The molecular weight excluding hydrogens is 240 g/mol. The molecule has 1 aromatic heterocycles. The number of hydrogen-bond donors (Lipinski definition) is 2. The lowest BCUT2D eigenvalue weighted by molar-refractivity contribution is -0.139. The Morgan fingerprint density at radius 3 is 2.88 bits per heavy atom. The minimum absolute atomic E-state index is 0.545. The Labute approximate surface area is 105 Å². The van der Waals surface area contributed by atoms with Crippen LogP contribution in [0.15, 0.2) is 6.33 Å². The summed E-state index contributed by atoms with van der Waals surface area (Å²) in [6.07, 6.45) is 1.50. The fourth-order valence-electron chi connectivity index (χ4n) is 1.30. The normalized spacial score (nSPS) is 13.6. The van der Waals surface area contributed by atoms with Crippen LogP contribution in [-0.4, -0.2) is 36.6 Å². The summed E-state index contributed by atoms with van der Waals surface area (Å²) >= 11 is 1.47. The van der Waals surface area contributed by atoms with Gasteiger partial charge in [-0.1, -0.05) is 0 Å². The number of aryl methyl sites for hydroxylation is 1. The van der Waals surface area contributed by atoms with E-state index >= 15 is 0 Å². The highest BCUT2D eigenvalue weighted by atomic mass is 32.2. The summed E-state index contributed by atoms with van der Waals surface area (Å²) in [6.45, 7) is 6.38. The number of carbonyl (C=O) groups is 1. The van der Waals surface area contributed by atoms with E-state index in [-0.39, 0.29) is 0 Å². The molecule has 1 rings (SSSR count). The highest BCUT2D eigenvalue weighted by molar-refractivity contribution is 7.99. The topological polar surface area (TPSA) is 94.0 Å². The Morgan fingerprint density at radius 2 is 2.35 bits per heavy atom. The van der Waals surface area contributed by atoms with Crippen LogP contribution in [0.25, 0.3) is 0 Å². The number of nitrogens with two attached hydrogens (primary N) is 1. The van der Waals surface area contributed by atoms with Gasteiger partial charge in [-0.05, 0) is 20.8 Å². The molecule has 0 aliphatic heterocycles. The van der Waals surface area contributed by atoms with Gasteiger partial charge in [-0.3, -0.25) is 4.79 Å². The van der Waals surface area contributed by atoms with Crippen LogP contribution < -0.4 is 5.73 Å². The van der Waals surface area contributed by atoms with E-state index in [9.17, 15) is 4.79 Å². The van der Waals surface area contributed by atoms with Crippen molar-refractivity contribution in [2.75, 3.05) is 0 Å². The maximum Gasteiger partial charge on any atom is 0.321 e. The lowest BCUT2D eigenvalue weighted by Crippen LogP contribution is -2.46. The molecule has 1 atom stereocenters. The second-order valence-corrected chi connectivity index (χ2v) is 5.83. The van der Waals surface area contributed by atoms with Crippen LogP contribution in [0.1, 0.15) is 26.6 Å². The van der Waals surface area contributed by atoms with Crippen molar-refractivity contribution in [2.45, 2.75) is 43.9 Å². The zero-order valence-corrected chi connectivity index (χ0v) is 11.1. The third-order valence-electron chi connectivity index (χ3n) is 2.58. The van der Waals surface area contributed by atoms with Crippen LogP contribution >= 0.6 is 11.8 Å². The molecule has 0 amide bonds. The monoisotopic (exact) mass is 258 g/mol. The van der Waals surface area contributed by atoms with Gasteiger partial charge in [0.15, 0.2) is 0 Å². The van der Waals surface area contributed by atoms with Gasteiger partial charge >= 0.3 is 5.97 Å². The van der Waals surface area contributed by atoms with E-state index < -0.39 is 16.8 Å². The summed E-state index contributed by atoms with van der Waals surface area (Å²) in [4.78, 5) is 15.0. The molecule has 0 bridgehead atoms. The smallest absolute Gasteiger partial charge is 0.321 e. The summed E-state index contributed by atoms with van der Waals surface area (Å²) in [5, 5.41) is 13.0. The Hall–Kier alpha value is -1.08. The molecule has 0 unspecified atom stereocenters. The van der Waals surface area contributed by atoms with Gasteiger partial charge in [0.25, 0.3) is 0 Å². The number of aliphatic carboxylic acids is 1. The molecule has 96 valence electrons. The third kappa shape index (κ3) is 3.44. The molecule has 0 aliphatic rings. The highest BCUT2D eigenvalue weighted by Crippen LogP contribution is 2.30. The van der Waals surface area contributed by atoms with Gasteiger partial charge in [0, 0.05) is 11.3 Å². The van der Waals surface area contributed by atoms with E-state index in [1.807, 2.05) is 20.8 Å². The standard InChI is InChI=1S/C10H18N4O2S/c1-4-14-7(12-6-13-14)5-17-10(2,3)8(11)9(15)16/h6,8H,4-5,11H2,1-3H3,(H,15,16)/t8-/m1/s1. The van der Waals surface area contributed by atoms with Gasteiger partial charge in [-0.2, -0.15) is 5.10 Å². The number of thioether (sulfide) groups is 1. The summed E-state index contributed by atoms with van der Waals surface area (Å²) in [6, 6.07) is -0.898. The molecule has 0 saturated heterocycles. The van der Waals surface area contributed by atoms with Crippen molar-refractivity contribution in [3.8, 4) is 0 Å². The molecule has 1 heterocycles. The summed E-state index contributed by atoms with van der Waals surface area (Å²) in [5.74, 6) is 0.449. The molecule has 7 heteroatoms. The van der Waals surface area contributed by atoms with Crippen molar-refractivity contribution in [3.63, 3.8) is 0 Å². The highest BCUT2D eigenvalue weighted by Gasteiger charge is 2.32. The van der Waals surface area contributed by atoms with Crippen LogP contribution in [0.2, 0.25) is 0 Å². The number of rotatable bonds is 6. The molecule has 0 spiro atoms. The predicted molar refractivity (Wildman–Crippen MR) is 66.7 cm³/mol. The Kier molecular flexibility index (Phi) is 4.53. The van der Waals surface area contributed by atoms with Crippen LogP contribution in [0, 0.1) is 0 Å². The van der Waals surface area contributed by atoms with Crippen LogP contribution in [0.4, 0.5) is 0 Å². The fourth-order valence-corrected chi connectivity index (χ4v) is 2.31. The molecule has 0 saturated carbocycles. The SMILES string of the molecule is CCn1ncnc1CSC(C)(C)[C@H](N)C(=O)O. The van der Waals surface area contributed by atoms with Crippen molar-refractivity contribution in [1.29, 1.82) is 0 Å². The molecule has 3 N–H and O–H groups in total. The minimum Gasteiger partial charge on any atom is -0.480 e. The average Bonchev–Trinajstić information content (AvgIpc) is 2.72. The average molecular weight is 258 g/mol. The number of aromatic nitrogens is 3. The molecule has 0 aromatic carbocycles. The van der Waals surface area contributed by atoms with E-state index in [4.69, 9.17) is 10.8 Å². The third-order valence-corrected chi connectivity index (χ3v) is 3.98. The zero-order chi connectivity index (χ0) is 13.1. The van der Waals surface area contributed by atoms with E-state index in [1.165, 1.54) is 18.1 Å². The summed E-state index contributed by atoms with van der Waals surface area (Å²) < 4.78 is 1.24. The van der Waals surface area contributed by atoms with Crippen LogP contribution in [-0.2, 0) is 17.1 Å². The molecule has 0 aliphatic carbocycles. The number of carboxylic acid groups (broad SMARTS) is 1. The summed E-state index contributed by atoms with van der Waals surface area (Å²) in [7, 11) is 0.